The van der Waals surface area contributed by atoms with E-state index in [1.54, 1.807) is 0 Å². The van der Waals surface area contributed by atoms with Crippen LogP contribution in [0.25, 0.3) is 11.1 Å². The topological polar surface area (TPSA) is 53.1 Å². The first-order chi connectivity index (χ1) is 21.6. The third-order valence-electron chi connectivity index (χ3n) is 11.1. The predicted molar refractivity (Wildman–Crippen MR) is 192 cm³/mol. The normalized spacial score (nSPS) is 23.4. The van der Waals surface area contributed by atoms with Crippen LogP contribution < -0.4 is 0 Å². The first-order valence-electron chi connectivity index (χ1n) is 17.2. The molecule has 3 fully saturated rings. The van der Waals surface area contributed by atoms with Gasteiger partial charge in [0.1, 0.15) is 0 Å². The van der Waals surface area contributed by atoms with Crippen molar-refractivity contribution in [3.8, 4) is 11.1 Å². The number of carbonyl (C=O) groups excluding carboxylic acids is 2. The molecule has 3 aliphatic rings. The maximum Gasteiger partial charge on any atom is 0.253 e. The van der Waals surface area contributed by atoms with Gasteiger partial charge in [-0.15, -0.1) is 0 Å². The first-order valence-corrected chi connectivity index (χ1v) is 20.9. The van der Waals surface area contributed by atoms with Gasteiger partial charge in [0, 0.05) is 72.4 Å². The van der Waals surface area contributed by atoms with Gasteiger partial charge in [-0.3, -0.25) is 14.5 Å². The Morgan fingerprint density at radius 3 is 2.02 bits per heavy atom. The molecule has 1 unspecified atom stereocenters. The number of halogens is 2. The van der Waals surface area contributed by atoms with Crippen molar-refractivity contribution < 1.29 is 14.0 Å². The lowest BCUT2D eigenvalue weighted by molar-refractivity contribution is -0.133. The van der Waals surface area contributed by atoms with Crippen molar-refractivity contribution in [1.82, 2.24) is 14.7 Å². The number of rotatable bonds is 8. The van der Waals surface area contributed by atoms with Crippen LogP contribution in [0.3, 0.4) is 0 Å². The average molecular weight is 687 g/mol. The standard InChI is InChI=1S/C37H53Cl2N3O3Si/c1-25(2)40-18-20-41(21-19-40)35(43)27-10-8-26(9-11-27)29-23-33(38)32(34(39)24-29)22-28-16-17-42(36(28)44)30-12-14-31(15-13-30)45-46(6,7)37(3,4)5/h8-11,23-25,28,30-31H,12-22H2,1-7H3/t28?,30-,31+. The molecule has 252 valence electrons. The molecule has 0 bridgehead atoms. The summed E-state index contributed by atoms with van der Waals surface area (Å²) in [5.41, 5.74) is 3.38. The lowest BCUT2D eigenvalue weighted by atomic mass is 9.92. The second-order valence-corrected chi connectivity index (χ2v) is 21.0. The molecule has 0 aromatic heterocycles. The Bertz CT molecular complexity index is 1370. The third kappa shape index (κ3) is 7.86. The molecule has 0 spiro atoms. The fourth-order valence-corrected chi connectivity index (χ4v) is 9.09. The monoisotopic (exact) mass is 685 g/mol. The fourth-order valence-electron chi connectivity index (χ4n) is 7.02. The molecule has 2 aromatic carbocycles. The summed E-state index contributed by atoms with van der Waals surface area (Å²) in [6, 6.07) is 12.4. The Hall–Kier alpha value is -1.90. The molecule has 5 rings (SSSR count). The molecule has 2 heterocycles. The minimum Gasteiger partial charge on any atom is -0.414 e. The van der Waals surface area contributed by atoms with Gasteiger partial charge in [-0.05, 0) is 111 Å². The van der Waals surface area contributed by atoms with Gasteiger partial charge in [0.25, 0.3) is 5.91 Å². The van der Waals surface area contributed by atoms with E-state index in [4.69, 9.17) is 27.6 Å². The van der Waals surface area contributed by atoms with Crippen LogP contribution in [0.2, 0.25) is 28.2 Å². The van der Waals surface area contributed by atoms with Crippen molar-refractivity contribution in [3.63, 3.8) is 0 Å². The zero-order chi connectivity index (χ0) is 33.4. The highest BCUT2D eigenvalue weighted by molar-refractivity contribution is 6.74. The summed E-state index contributed by atoms with van der Waals surface area (Å²) < 4.78 is 6.69. The molecule has 1 saturated carbocycles. The van der Waals surface area contributed by atoms with Crippen molar-refractivity contribution in [2.24, 2.45) is 5.92 Å². The zero-order valence-corrected chi connectivity index (χ0v) is 31.4. The Kier molecular flexibility index (Phi) is 11.0. The van der Waals surface area contributed by atoms with Gasteiger partial charge >= 0.3 is 0 Å². The number of piperazine rings is 1. The molecule has 2 aliphatic heterocycles. The Labute approximate surface area is 287 Å². The largest absolute Gasteiger partial charge is 0.414 e. The van der Waals surface area contributed by atoms with E-state index in [0.29, 0.717) is 40.2 Å². The molecule has 1 atom stereocenters. The van der Waals surface area contributed by atoms with Gasteiger partial charge < -0.3 is 14.2 Å². The predicted octanol–water partition coefficient (Wildman–Crippen LogP) is 8.55. The highest BCUT2D eigenvalue weighted by atomic mass is 35.5. The number of likely N-dealkylation sites (tertiary alicyclic amines) is 1. The average Bonchev–Trinajstić information content (AvgIpc) is 3.37. The molecule has 2 saturated heterocycles. The van der Waals surface area contributed by atoms with E-state index in [2.05, 4.69) is 57.5 Å². The zero-order valence-electron chi connectivity index (χ0n) is 28.9. The van der Waals surface area contributed by atoms with Crippen molar-refractivity contribution in [2.45, 2.75) is 109 Å². The minimum atomic E-state index is -1.79. The molecule has 1 aliphatic carbocycles. The molecular weight excluding hydrogens is 633 g/mol. The van der Waals surface area contributed by atoms with E-state index in [-0.39, 0.29) is 22.8 Å². The van der Waals surface area contributed by atoms with Gasteiger partial charge in [0.2, 0.25) is 5.91 Å². The van der Waals surface area contributed by atoms with Crippen LogP contribution in [0.5, 0.6) is 0 Å². The second-order valence-electron chi connectivity index (χ2n) is 15.4. The van der Waals surface area contributed by atoms with Gasteiger partial charge in [0.15, 0.2) is 8.32 Å². The molecule has 2 amide bonds. The maximum absolute atomic E-state index is 13.6. The summed E-state index contributed by atoms with van der Waals surface area (Å²) in [6.45, 7) is 20.0. The number of amides is 2. The molecule has 46 heavy (non-hydrogen) atoms. The Morgan fingerprint density at radius 1 is 0.891 bits per heavy atom. The number of carbonyl (C=O) groups is 2. The number of hydrogen-bond donors (Lipinski definition) is 0. The molecule has 0 radical (unpaired) electrons. The van der Waals surface area contributed by atoms with E-state index in [9.17, 15) is 9.59 Å². The molecule has 2 aromatic rings. The number of hydrogen-bond acceptors (Lipinski definition) is 4. The first kappa shape index (κ1) is 35.4. The van der Waals surface area contributed by atoms with Gasteiger partial charge in [-0.1, -0.05) is 56.1 Å². The smallest absolute Gasteiger partial charge is 0.253 e. The summed E-state index contributed by atoms with van der Waals surface area (Å²) in [5.74, 6) is 0.203. The van der Waals surface area contributed by atoms with Crippen LogP contribution in [0, 0.1) is 5.92 Å². The lowest BCUT2D eigenvalue weighted by Gasteiger charge is -2.42. The van der Waals surface area contributed by atoms with Gasteiger partial charge in [-0.2, -0.15) is 0 Å². The quantitative estimate of drug-likeness (QED) is 0.261. The summed E-state index contributed by atoms with van der Waals surface area (Å²) in [6.07, 6.45) is 5.75. The summed E-state index contributed by atoms with van der Waals surface area (Å²) >= 11 is 13.7. The summed E-state index contributed by atoms with van der Waals surface area (Å²) in [7, 11) is -1.79. The van der Waals surface area contributed by atoms with Crippen LogP contribution in [0.1, 0.15) is 82.6 Å². The van der Waals surface area contributed by atoms with E-state index >= 15 is 0 Å². The van der Waals surface area contributed by atoms with E-state index in [1.165, 1.54) is 0 Å². The van der Waals surface area contributed by atoms with E-state index < -0.39 is 8.32 Å². The number of nitrogens with zero attached hydrogens (tertiary/aromatic N) is 3. The summed E-state index contributed by atoms with van der Waals surface area (Å²) in [4.78, 5) is 33.2. The van der Waals surface area contributed by atoms with Gasteiger partial charge in [0.05, 0.1) is 0 Å². The van der Waals surface area contributed by atoms with Crippen LogP contribution in [0.4, 0.5) is 0 Å². The van der Waals surface area contributed by atoms with Crippen LogP contribution in [-0.4, -0.2) is 85.7 Å². The van der Waals surface area contributed by atoms with Crippen molar-refractivity contribution in [3.05, 3.63) is 57.6 Å². The number of benzene rings is 2. The van der Waals surface area contributed by atoms with E-state index in [1.807, 2.05) is 41.3 Å². The Morgan fingerprint density at radius 2 is 1.48 bits per heavy atom. The van der Waals surface area contributed by atoms with Crippen molar-refractivity contribution in [1.29, 1.82) is 0 Å². The fraction of sp³-hybridized carbons (Fsp3) is 0.622. The highest BCUT2D eigenvalue weighted by Gasteiger charge is 2.42. The van der Waals surface area contributed by atoms with Crippen LogP contribution >= 0.6 is 23.2 Å². The SMILES string of the molecule is CC(C)N1CCN(C(=O)c2ccc(-c3cc(Cl)c(CC4CCN([C@H]5CC[C@@H](O[Si](C)(C)C(C)(C)C)CC5)C4=O)c(Cl)c3)cc2)CC1. The second kappa shape index (κ2) is 14.3. The van der Waals surface area contributed by atoms with Crippen LogP contribution in [0.15, 0.2) is 36.4 Å². The van der Waals surface area contributed by atoms with Crippen LogP contribution in [-0.2, 0) is 15.6 Å². The van der Waals surface area contributed by atoms with E-state index in [0.717, 1.165) is 81.5 Å². The van der Waals surface area contributed by atoms with Gasteiger partial charge in [-0.25, -0.2) is 0 Å². The van der Waals surface area contributed by atoms with Crippen molar-refractivity contribution in [2.75, 3.05) is 32.7 Å². The maximum atomic E-state index is 13.6. The molecule has 9 heteroatoms. The van der Waals surface area contributed by atoms with Crippen molar-refractivity contribution >= 4 is 43.3 Å². The molecule has 6 nitrogen and oxygen atoms in total. The molecular formula is C37H53Cl2N3O3Si. The summed E-state index contributed by atoms with van der Waals surface area (Å²) in [5, 5.41) is 1.37. The highest BCUT2D eigenvalue weighted by Crippen LogP contribution is 2.41. The third-order valence-corrected chi connectivity index (χ3v) is 16.3. The Balaban J connectivity index is 1.17. The lowest BCUT2D eigenvalue weighted by Crippen LogP contribution is -2.50. The minimum absolute atomic E-state index is 0.0733. The molecule has 0 N–H and O–H groups in total.